The van der Waals surface area contributed by atoms with Gasteiger partial charge >= 0.3 is 6.18 Å². The van der Waals surface area contributed by atoms with Crippen LogP contribution < -0.4 is 11.1 Å². The van der Waals surface area contributed by atoms with Crippen molar-refractivity contribution in [3.8, 4) is 0 Å². The number of halogens is 3. The van der Waals surface area contributed by atoms with Crippen molar-refractivity contribution < 1.29 is 18.0 Å². The Hall–Kier alpha value is -0.780. The molecule has 0 heterocycles. The second-order valence-electron chi connectivity index (χ2n) is 4.18. The summed E-state index contributed by atoms with van der Waals surface area (Å²) in [5, 5.41) is 2.22. The molecule has 1 unspecified atom stereocenters. The SMILES string of the molecule is CC(N)(C(=O)NCCC(F)(F)F)C1CC1. The lowest BCUT2D eigenvalue weighted by molar-refractivity contribution is -0.137. The monoisotopic (exact) mass is 224 g/mol. The first-order valence-electron chi connectivity index (χ1n) is 4.87. The number of amides is 1. The number of rotatable bonds is 4. The molecule has 1 amide bonds. The summed E-state index contributed by atoms with van der Waals surface area (Å²) >= 11 is 0. The highest BCUT2D eigenvalue weighted by atomic mass is 19.4. The van der Waals surface area contributed by atoms with E-state index in [0.29, 0.717) is 0 Å². The molecular formula is C9H15F3N2O. The van der Waals surface area contributed by atoms with E-state index in [1.807, 2.05) is 0 Å². The summed E-state index contributed by atoms with van der Waals surface area (Å²) < 4.78 is 35.4. The Morgan fingerprint density at radius 3 is 2.40 bits per heavy atom. The number of nitrogens with two attached hydrogens (primary N) is 1. The summed E-state index contributed by atoms with van der Waals surface area (Å²) in [5.74, 6) is -0.377. The van der Waals surface area contributed by atoms with Crippen molar-refractivity contribution in [1.29, 1.82) is 0 Å². The van der Waals surface area contributed by atoms with E-state index < -0.39 is 30.6 Å². The molecule has 0 bridgehead atoms. The van der Waals surface area contributed by atoms with Crippen LogP contribution in [-0.4, -0.2) is 24.2 Å². The van der Waals surface area contributed by atoms with Gasteiger partial charge in [0.05, 0.1) is 12.0 Å². The lowest BCUT2D eigenvalue weighted by Crippen LogP contribution is -2.53. The van der Waals surface area contributed by atoms with Crippen LogP contribution in [0.1, 0.15) is 26.2 Å². The molecule has 88 valence electrons. The molecule has 1 atom stereocenters. The maximum Gasteiger partial charge on any atom is 0.390 e. The van der Waals surface area contributed by atoms with Crippen LogP contribution in [0.2, 0.25) is 0 Å². The Kier molecular flexibility index (Phi) is 3.28. The molecule has 0 spiro atoms. The van der Waals surface area contributed by atoms with Crippen molar-refractivity contribution in [2.45, 2.75) is 37.9 Å². The third-order valence-corrected chi connectivity index (χ3v) is 2.61. The van der Waals surface area contributed by atoms with Gasteiger partial charge in [-0.3, -0.25) is 4.79 Å². The molecule has 0 aromatic carbocycles. The summed E-state index contributed by atoms with van der Waals surface area (Å²) in [4.78, 5) is 11.4. The minimum atomic E-state index is -4.24. The second kappa shape index (κ2) is 4.00. The first-order chi connectivity index (χ1) is 6.73. The molecule has 1 rings (SSSR count). The first-order valence-corrected chi connectivity index (χ1v) is 4.87. The zero-order chi connectivity index (χ0) is 11.7. The number of nitrogens with one attached hydrogen (secondary N) is 1. The number of alkyl halides is 3. The standard InChI is InChI=1S/C9H15F3N2O/c1-8(13,6-2-3-6)7(15)14-5-4-9(10,11)12/h6H,2-5,13H2,1H3,(H,14,15). The molecular weight excluding hydrogens is 209 g/mol. The number of hydrogen-bond acceptors (Lipinski definition) is 2. The van der Waals surface area contributed by atoms with Gasteiger partial charge in [0, 0.05) is 6.54 Å². The van der Waals surface area contributed by atoms with Crippen LogP contribution >= 0.6 is 0 Å². The summed E-state index contributed by atoms with van der Waals surface area (Å²) in [6.07, 6.45) is -3.50. The summed E-state index contributed by atoms with van der Waals surface area (Å²) in [7, 11) is 0. The first kappa shape index (κ1) is 12.3. The summed E-state index contributed by atoms with van der Waals surface area (Å²) in [6.45, 7) is 1.16. The van der Waals surface area contributed by atoms with E-state index in [9.17, 15) is 18.0 Å². The molecule has 0 saturated heterocycles. The average molecular weight is 224 g/mol. The minimum absolute atomic E-state index is 0.114. The smallest absolute Gasteiger partial charge is 0.354 e. The van der Waals surface area contributed by atoms with Crippen LogP contribution in [0.5, 0.6) is 0 Å². The van der Waals surface area contributed by atoms with Crippen LogP contribution in [0, 0.1) is 5.92 Å². The largest absolute Gasteiger partial charge is 0.390 e. The fourth-order valence-electron chi connectivity index (χ4n) is 1.38. The van der Waals surface area contributed by atoms with Gasteiger partial charge in [0.25, 0.3) is 0 Å². The van der Waals surface area contributed by atoms with E-state index in [0.717, 1.165) is 12.8 Å². The van der Waals surface area contributed by atoms with Crippen LogP contribution in [0.4, 0.5) is 13.2 Å². The van der Waals surface area contributed by atoms with Gasteiger partial charge in [-0.1, -0.05) is 0 Å². The van der Waals surface area contributed by atoms with Crippen molar-refractivity contribution in [2.24, 2.45) is 11.7 Å². The van der Waals surface area contributed by atoms with Gasteiger partial charge in [-0.2, -0.15) is 13.2 Å². The van der Waals surface area contributed by atoms with Crippen LogP contribution in [-0.2, 0) is 4.79 Å². The Bertz CT molecular complexity index is 246. The van der Waals surface area contributed by atoms with Gasteiger partial charge in [-0.15, -0.1) is 0 Å². The molecule has 15 heavy (non-hydrogen) atoms. The molecule has 6 heteroatoms. The normalized spacial score (nSPS) is 20.9. The van der Waals surface area contributed by atoms with Crippen molar-refractivity contribution in [2.75, 3.05) is 6.54 Å². The highest BCUT2D eigenvalue weighted by molar-refractivity contribution is 5.86. The molecule has 0 radical (unpaired) electrons. The zero-order valence-corrected chi connectivity index (χ0v) is 8.53. The summed E-state index contributed by atoms with van der Waals surface area (Å²) in [5.41, 5.74) is 4.70. The van der Waals surface area contributed by atoms with E-state index in [-0.39, 0.29) is 5.92 Å². The van der Waals surface area contributed by atoms with Crippen LogP contribution in [0.3, 0.4) is 0 Å². The lowest BCUT2D eigenvalue weighted by Gasteiger charge is -2.23. The quantitative estimate of drug-likeness (QED) is 0.753. The molecule has 0 aromatic heterocycles. The van der Waals surface area contributed by atoms with Gasteiger partial charge in [0.15, 0.2) is 0 Å². The summed E-state index contributed by atoms with van der Waals surface area (Å²) in [6, 6.07) is 0. The minimum Gasteiger partial charge on any atom is -0.354 e. The highest BCUT2D eigenvalue weighted by Gasteiger charge is 2.44. The Morgan fingerprint density at radius 2 is 2.00 bits per heavy atom. The van der Waals surface area contributed by atoms with Crippen LogP contribution in [0.25, 0.3) is 0 Å². The van der Waals surface area contributed by atoms with Crippen molar-refractivity contribution in [1.82, 2.24) is 5.32 Å². The van der Waals surface area contributed by atoms with E-state index in [1.54, 1.807) is 6.92 Å². The van der Waals surface area contributed by atoms with Crippen molar-refractivity contribution in [3.63, 3.8) is 0 Å². The highest BCUT2D eigenvalue weighted by Crippen LogP contribution is 2.38. The molecule has 1 aliphatic carbocycles. The third kappa shape index (κ3) is 3.70. The molecule has 1 aliphatic rings. The molecule has 1 fully saturated rings. The molecule has 3 nitrogen and oxygen atoms in total. The Balaban J connectivity index is 2.29. The van der Waals surface area contributed by atoms with E-state index in [4.69, 9.17) is 5.73 Å². The van der Waals surface area contributed by atoms with E-state index >= 15 is 0 Å². The van der Waals surface area contributed by atoms with Gasteiger partial charge in [-0.25, -0.2) is 0 Å². The molecule has 0 aromatic rings. The molecule has 0 aliphatic heterocycles. The van der Waals surface area contributed by atoms with Gasteiger partial charge in [0.1, 0.15) is 0 Å². The number of hydrogen-bond donors (Lipinski definition) is 2. The third-order valence-electron chi connectivity index (χ3n) is 2.61. The van der Waals surface area contributed by atoms with Gasteiger partial charge < -0.3 is 11.1 Å². The fourth-order valence-corrected chi connectivity index (χ4v) is 1.38. The van der Waals surface area contributed by atoms with Crippen molar-refractivity contribution in [3.05, 3.63) is 0 Å². The Morgan fingerprint density at radius 1 is 1.47 bits per heavy atom. The van der Waals surface area contributed by atoms with Gasteiger partial charge in [0.2, 0.25) is 5.91 Å². The maximum absolute atomic E-state index is 11.8. The molecule has 1 saturated carbocycles. The number of carbonyl (C=O) groups is 1. The average Bonchev–Trinajstić information content (AvgIpc) is 2.83. The predicted molar refractivity (Wildman–Crippen MR) is 49.0 cm³/mol. The molecule has 3 N–H and O–H groups in total. The predicted octanol–water partition coefficient (Wildman–Crippen LogP) is 1.18. The Labute approximate surface area is 86.2 Å². The van der Waals surface area contributed by atoms with Crippen molar-refractivity contribution >= 4 is 5.91 Å². The lowest BCUT2D eigenvalue weighted by atomic mass is 9.96. The maximum atomic E-state index is 11.8. The second-order valence-corrected chi connectivity index (χ2v) is 4.18. The zero-order valence-electron chi connectivity index (χ0n) is 8.53. The van der Waals surface area contributed by atoms with E-state index in [1.165, 1.54) is 0 Å². The topological polar surface area (TPSA) is 55.1 Å². The van der Waals surface area contributed by atoms with E-state index in [2.05, 4.69) is 5.32 Å². The fraction of sp³-hybridized carbons (Fsp3) is 0.889. The van der Waals surface area contributed by atoms with Crippen LogP contribution in [0.15, 0.2) is 0 Å². The number of carbonyl (C=O) groups excluding carboxylic acids is 1. The van der Waals surface area contributed by atoms with Gasteiger partial charge in [-0.05, 0) is 25.7 Å².